The minimum atomic E-state index is -3.91. The van der Waals surface area contributed by atoms with Crippen LogP contribution in [0.25, 0.3) is 17.0 Å². The van der Waals surface area contributed by atoms with E-state index in [4.69, 9.17) is 5.10 Å². The van der Waals surface area contributed by atoms with Crippen molar-refractivity contribution >= 4 is 55.9 Å². The molecule has 0 aliphatic rings. The number of aryl methyl sites for hydroxylation is 3. The van der Waals surface area contributed by atoms with Gasteiger partial charge in [0.15, 0.2) is 29.0 Å². The normalized spacial score (nSPS) is 11.8. The van der Waals surface area contributed by atoms with Crippen LogP contribution in [0.5, 0.6) is 0 Å². The lowest BCUT2D eigenvalue weighted by molar-refractivity contribution is -0.128. The number of nitrogens with one attached hydrogen (secondary N) is 4. The zero-order chi connectivity index (χ0) is 37.2. The zero-order valence-corrected chi connectivity index (χ0v) is 29.7. The molecule has 0 atom stereocenters. The van der Waals surface area contributed by atoms with Gasteiger partial charge in [-0.15, -0.1) is 20.0 Å². The molecule has 0 fully saturated rings. The summed E-state index contributed by atoms with van der Waals surface area (Å²) in [6.07, 6.45) is 0. The second-order valence-electron chi connectivity index (χ2n) is 11.9. The Balaban J connectivity index is 1.54. The molecule has 0 bridgehead atoms. The van der Waals surface area contributed by atoms with E-state index in [1.165, 1.54) is 28.4 Å². The number of azo groups is 1. The first-order valence-corrected chi connectivity index (χ1v) is 17.5. The average molecular weight is 723 g/mol. The van der Waals surface area contributed by atoms with Crippen LogP contribution < -0.4 is 20.7 Å². The largest absolute Gasteiger partial charge is 0.388 e. The fourth-order valence-electron chi connectivity index (χ4n) is 5.36. The van der Waals surface area contributed by atoms with E-state index in [2.05, 4.69) is 36.0 Å². The first kappa shape index (κ1) is 35.6. The summed E-state index contributed by atoms with van der Waals surface area (Å²) in [4.78, 5) is 28.5. The van der Waals surface area contributed by atoms with Crippen molar-refractivity contribution in [2.45, 2.75) is 31.7 Å². The van der Waals surface area contributed by atoms with E-state index in [-0.39, 0.29) is 27.7 Å². The van der Waals surface area contributed by atoms with Crippen molar-refractivity contribution in [1.29, 1.82) is 0 Å². The third-order valence-corrected chi connectivity index (χ3v) is 9.63. The van der Waals surface area contributed by atoms with Crippen molar-refractivity contribution in [3.8, 4) is 11.4 Å². The van der Waals surface area contributed by atoms with Crippen LogP contribution in [0.15, 0.2) is 106 Å². The fraction of sp³-hybridized carbons (Fsp3) is 0.167. The summed E-state index contributed by atoms with van der Waals surface area (Å²) < 4.78 is 44.4. The first-order chi connectivity index (χ1) is 24.9. The molecule has 0 saturated heterocycles. The molecule has 6 aromatic rings. The molecule has 2 amide bonds. The molecule has 0 aliphatic heterocycles. The van der Waals surface area contributed by atoms with Gasteiger partial charge in [0.1, 0.15) is 5.69 Å². The first-order valence-electron chi connectivity index (χ1n) is 16.0. The molecule has 0 saturated carbocycles. The third kappa shape index (κ3) is 7.28. The molecule has 0 unspecified atom stereocenters. The Morgan fingerprint density at radius 1 is 0.750 bits per heavy atom. The molecule has 0 spiro atoms. The third-order valence-electron chi connectivity index (χ3n) is 8.22. The number of halogens is 1. The number of carbonyl (C=O) groups is 2. The van der Waals surface area contributed by atoms with E-state index in [0.29, 0.717) is 22.6 Å². The zero-order valence-electron chi connectivity index (χ0n) is 28.8. The highest BCUT2D eigenvalue weighted by molar-refractivity contribution is 7.89. The van der Waals surface area contributed by atoms with Crippen molar-refractivity contribution in [3.63, 3.8) is 0 Å². The van der Waals surface area contributed by atoms with Crippen molar-refractivity contribution in [3.05, 3.63) is 114 Å². The summed E-state index contributed by atoms with van der Waals surface area (Å²) in [5, 5.41) is 26.4. The standard InChI is InChI=1S/C36H35FN10O4S/c1-21-6-12-26(13-7-21)40-34(48)32(35(49)41-27-14-8-22(2)9-15-27)46-33(24-10-16-25(38-4)17-11-24)45-47-36(46)31(23(3)44-47)43-42-30-19-18-28(20-29(30)37)52(50,51)39-5/h6-20,32,38-39H,1-5H3,(H,40,48)(H,41,49). The van der Waals surface area contributed by atoms with Gasteiger partial charge in [-0.3, -0.25) is 14.2 Å². The number of hydrogen-bond acceptors (Lipinski definition) is 9. The van der Waals surface area contributed by atoms with Crippen molar-refractivity contribution in [1.82, 2.24) is 24.1 Å². The number of sulfonamides is 1. The lowest BCUT2D eigenvalue weighted by Gasteiger charge is -2.21. The molecule has 14 nitrogen and oxygen atoms in total. The number of nitrogens with zero attached hydrogens (tertiary/aromatic N) is 6. The molecule has 4 N–H and O–H groups in total. The maximum Gasteiger partial charge on any atom is 0.257 e. The number of fused-ring (bicyclic) bond motifs is 1. The Bertz CT molecular complexity index is 2360. The molecular weight excluding hydrogens is 688 g/mol. The van der Waals surface area contributed by atoms with E-state index in [9.17, 15) is 18.0 Å². The quantitative estimate of drug-likeness (QED) is 0.0878. The van der Waals surface area contributed by atoms with Gasteiger partial charge < -0.3 is 16.0 Å². The van der Waals surface area contributed by atoms with Crippen LogP contribution in [0, 0.1) is 26.6 Å². The van der Waals surface area contributed by atoms with Crippen LogP contribution in [0.3, 0.4) is 0 Å². The SMILES string of the molecule is CNc1ccc(-c2nn3nc(C)c(N=Nc4ccc(S(=O)(=O)NC)cc4F)c3n2C(C(=O)Nc2ccc(C)cc2)C(=O)Nc2ccc(C)cc2)cc1. The summed E-state index contributed by atoms with van der Waals surface area (Å²) in [6, 6.07) is 23.1. The van der Waals surface area contributed by atoms with Gasteiger partial charge in [0.05, 0.1) is 10.6 Å². The summed E-state index contributed by atoms with van der Waals surface area (Å²) in [7, 11) is -0.910. The predicted octanol–water partition coefficient (Wildman–Crippen LogP) is 6.45. The minimum absolute atomic E-state index is 0.0909. The lowest BCUT2D eigenvalue weighted by Crippen LogP contribution is -2.36. The van der Waals surface area contributed by atoms with E-state index >= 15 is 4.39 Å². The van der Waals surface area contributed by atoms with E-state index < -0.39 is 33.7 Å². The Morgan fingerprint density at radius 3 is 1.83 bits per heavy atom. The molecule has 4 aromatic carbocycles. The van der Waals surface area contributed by atoms with Crippen molar-refractivity contribution < 1.29 is 22.4 Å². The Labute approximate surface area is 298 Å². The van der Waals surface area contributed by atoms with Gasteiger partial charge in [0.25, 0.3) is 11.8 Å². The highest BCUT2D eigenvalue weighted by Crippen LogP contribution is 2.35. The van der Waals surface area contributed by atoms with E-state index in [1.807, 2.05) is 50.2 Å². The summed E-state index contributed by atoms with van der Waals surface area (Å²) in [5.41, 5.74) is 4.51. The van der Waals surface area contributed by atoms with Gasteiger partial charge in [-0.05, 0) is 94.5 Å². The van der Waals surface area contributed by atoms with E-state index in [0.717, 1.165) is 22.9 Å². The summed E-state index contributed by atoms with van der Waals surface area (Å²) in [5.74, 6) is -2.10. The minimum Gasteiger partial charge on any atom is -0.388 e. The monoisotopic (exact) mass is 722 g/mol. The van der Waals surface area contributed by atoms with Crippen molar-refractivity contribution in [2.24, 2.45) is 10.2 Å². The van der Waals surface area contributed by atoms with Gasteiger partial charge in [-0.1, -0.05) is 35.4 Å². The Morgan fingerprint density at radius 2 is 1.31 bits per heavy atom. The van der Waals surface area contributed by atoms with Crippen LogP contribution in [0.2, 0.25) is 0 Å². The summed E-state index contributed by atoms with van der Waals surface area (Å²) in [6.45, 7) is 5.46. The van der Waals surface area contributed by atoms with Crippen molar-refractivity contribution in [2.75, 3.05) is 30.0 Å². The smallest absolute Gasteiger partial charge is 0.257 e. The molecule has 0 aliphatic carbocycles. The van der Waals surface area contributed by atoms with Crippen LogP contribution >= 0.6 is 0 Å². The second kappa shape index (κ2) is 14.5. The lowest BCUT2D eigenvalue weighted by atomic mass is 10.1. The molecule has 0 radical (unpaired) electrons. The Hall–Kier alpha value is -6.26. The molecule has 16 heteroatoms. The number of carbonyl (C=O) groups excluding carboxylic acids is 2. The van der Waals surface area contributed by atoms with Gasteiger partial charge >= 0.3 is 0 Å². The Kier molecular flexibility index (Phi) is 9.94. The van der Waals surface area contributed by atoms with Gasteiger partial charge in [-0.25, -0.2) is 17.5 Å². The number of benzene rings is 4. The van der Waals surface area contributed by atoms with E-state index in [1.54, 1.807) is 50.4 Å². The second-order valence-corrected chi connectivity index (χ2v) is 13.8. The maximum atomic E-state index is 15.1. The number of hydrogen-bond donors (Lipinski definition) is 4. The van der Waals surface area contributed by atoms with Gasteiger partial charge in [0, 0.05) is 29.7 Å². The number of anilines is 3. The number of rotatable bonds is 11. The number of aromatic nitrogens is 4. The van der Waals surface area contributed by atoms with Crippen LogP contribution in [-0.4, -0.2) is 53.7 Å². The fourth-order valence-corrected chi connectivity index (χ4v) is 6.10. The topological polar surface area (TPSA) is 176 Å². The predicted molar refractivity (Wildman–Crippen MR) is 196 cm³/mol. The van der Waals surface area contributed by atoms with Crippen LogP contribution in [0.1, 0.15) is 22.9 Å². The number of amides is 2. The maximum absolute atomic E-state index is 15.1. The summed E-state index contributed by atoms with van der Waals surface area (Å²) >= 11 is 0. The van der Waals surface area contributed by atoms with Crippen LogP contribution in [0.4, 0.5) is 32.8 Å². The van der Waals surface area contributed by atoms with Gasteiger partial charge in [0.2, 0.25) is 10.0 Å². The van der Waals surface area contributed by atoms with Crippen LogP contribution in [-0.2, 0) is 19.6 Å². The molecular formula is C36H35FN10O4S. The average Bonchev–Trinajstić information content (AvgIpc) is 3.64. The van der Waals surface area contributed by atoms with Gasteiger partial charge in [-0.2, -0.15) is 5.10 Å². The molecule has 2 heterocycles. The molecule has 2 aromatic heterocycles. The molecule has 52 heavy (non-hydrogen) atoms. The highest BCUT2D eigenvalue weighted by Gasteiger charge is 2.36. The highest BCUT2D eigenvalue weighted by atomic mass is 32.2. The molecule has 266 valence electrons. The molecule has 6 rings (SSSR count).